The second kappa shape index (κ2) is 6.82. The fraction of sp³-hybridized carbons (Fsp3) is 0.880. The van der Waals surface area contributed by atoms with Crippen LogP contribution in [0.1, 0.15) is 86.0 Å². The van der Waals surface area contributed by atoms with Crippen LogP contribution in [-0.2, 0) is 9.53 Å². The standard InChI is InChI=1S/C25H40O4/c1-6-16(2)21(27)29-15-25(28)14-24-12-9-18-22(3,4)20(26)10-11-23(18,5)19(24)8-7-17(25)13-24/h6,17-20,26,28H,7-15H2,1-5H3/b16-6-/t17-,18-,19-,20-,23-,24+,25+/m1/s1. The molecule has 4 fully saturated rings. The van der Waals surface area contributed by atoms with Gasteiger partial charge in [0.15, 0.2) is 0 Å². The van der Waals surface area contributed by atoms with Crippen molar-refractivity contribution in [3.05, 3.63) is 11.6 Å². The number of hydrogen-bond acceptors (Lipinski definition) is 4. The minimum Gasteiger partial charge on any atom is -0.459 e. The van der Waals surface area contributed by atoms with E-state index in [2.05, 4.69) is 20.8 Å². The van der Waals surface area contributed by atoms with Crippen LogP contribution in [-0.4, -0.2) is 34.5 Å². The molecule has 0 unspecified atom stereocenters. The number of esters is 1. The summed E-state index contributed by atoms with van der Waals surface area (Å²) >= 11 is 0. The van der Waals surface area contributed by atoms with E-state index in [4.69, 9.17) is 4.74 Å². The SMILES string of the molecule is C/C=C(/C)C(=O)OC[C@@]1(O)C[C@@]23CC[C@@H]4C(C)(C)[C@H](O)CC[C@@]4(C)[C@H]2CC[C@@H]1C3. The molecular formula is C25H40O4. The lowest BCUT2D eigenvalue weighted by atomic mass is 9.41. The molecule has 0 heterocycles. The van der Waals surface area contributed by atoms with Gasteiger partial charge in [-0.25, -0.2) is 4.79 Å². The highest BCUT2D eigenvalue weighted by Crippen LogP contribution is 2.72. The Morgan fingerprint density at radius 1 is 1.10 bits per heavy atom. The van der Waals surface area contributed by atoms with Gasteiger partial charge in [0.2, 0.25) is 0 Å². The lowest BCUT2D eigenvalue weighted by Crippen LogP contribution is -2.59. The third kappa shape index (κ3) is 3.04. The van der Waals surface area contributed by atoms with Crippen LogP contribution in [0.25, 0.3) is 0 Å². The van der Waals surface area contributed by atoms with Gasteiger partial charge in [-0.3, -0.25) is 0 Å². The van der Waals surface area contributed by atoms with Crippen molar-refractivity contribution >= 4 is 5.97 Å². The predicted octanol–water partition coefficient (Wildman–Crippen LogP) is 4.63. The van der Waals surface area contributed by atoms with Crippen molar-refractivity contribution in [1.82, 2.24) is 0 Å². The smallest absolute Gasteiger partial charge is 0.333 e. The van der Waals surface area contributed by atoms with Crippen molar-refractivity contribution in [2.24, 2.45) is 34.0 Å². The summed E-state index contributed by atoms with van der Waals surface area (Å²) in [5, 5.41) is 22.3. The summed E-state index contributed by atoms with van der Waals surface area (Å²) in [6, 6.07) is 0. The Labute approximate surface area is 176 Å². The van der Waals surface area contributed by atoms with Crippen LogP contribution >= 0.6 is 0 Å². The Morgan fingerprint density at radius 3 is 2.52 bits per heavy atom. The predicted molar refractivity (Wildman–Crippen MR) is 113 cm³/mol. The van der Waals surface area contributed by atoms with Gasteiger partial charge in [-0.2, -0.15) is 0 Å². The Kier molecular flexibility index (Phi) is 5.02. The van der Waals surface area contributed by atoms with Crippen LogP contribution in [0.4, 0.5) is 0 Å². The summed E-state index contributed by atoms with van der Waals surface area (Å²) in [4.78, 5) is 12.2. The highest BCUT2D eigenvalue weighted by atomic mass is 16.5. The van der Waals surface area contributed by atoms with E-state index in [9.17, 15) is 15.0 Å². The molecule has 0 aliphatic heterocycles. The van der Waals surface area contributed by atoms with Crippen molar-refractivity contribution < 1.29 is 19.7 Å². The first kappa shape index (κ1) is 21.4. The first-order chi connectivity index (χ1) is 13.5. The molecule has 7 atom stereocenters. The van der Waals surface area contributed by atoms with Crippen LogP contribution < -0.4 is 0 Å². The number of ether oxygens (including phenoxy) is 1. The van der Waals surface area contributed by atoms with Gasteiger partial charge in [0.1, 0.15) is 12.2 Å². The third-order valence-electron chi connectivity index (χ3n) is 10.1. The van der Waals surface area contributed by atoms with Gasteiger partial charge in [-0.15, -0.1) is 0 Å². The molecule has 2 bridgehead atoms. The number of aliphatic hydroxyl groups excluding tert-OH is 1. The summed E-state index contributed by atoms with van der Waals surface area (Å²) < 4.78 is 5.55. The molecule has 0 aromatic heterocycles. The normalized spacial score (nSPS) is 48.6. The lowest BCUT2D eigenvalue weighted by Gasteiger charge is -2.64. The molecule has 4 aliphatic rings. The van der Waals surface area contributed by atoms with E-state index >= 15 is 0 Å². The van der Waals surface area contributed by atoms with E-state index in [1.807, 2.05) is 6.92 Å². The molecule has 4 heteroatoms. The number of aliphatic hydroxyl groups is 2. The topological polar surface area (TPSA) is 66.8 Å². The Balaban J connectivity index is 1.57. The van der Waals surface area contributed by atoms with Gasteiger partial charge in [0.25, 0.3) is 0 Å². The molecule has 4 rings (SSSR count). The average molecular weight is 405 g/mol. The minimum absolute atomic E-state index is 0.0418. The number of carbonyl (C=O) groups excluding carboxylic acids is 1. The van der Waals surface area contributed by atoms with E-state index in [1.165, 1.54) is 0 Å². The number of allylic oxidation sites excluding steroid dienone is 1. The Bertz CT molecular complexity index is 712. The fourth-order valence-electron chi connectivity index (χ4n) is 8.43. The molecule has 1 spiro atoms. The molecule has 4 aliphatic carbocycles. The molecule has 0 aromatic carbocycles. The van der Waals surface area contributed by atoms with Crippen LogP contribution in [0, 0.1) is 34.0 Å². The second-order valence-corrected chi connectivity index (χ2v) is 11.7. The fourth-order valence-corrected chi connectivity index (χ4v) is 8.43. The number of rotatable bonds is 3. The Morgan fingerprint density at radius 2 is 1.83 bits per heavy atom. The maximum absolute atomic E-state index is 12.2. The van der Waals surface area contributed by atoms with Crippen LogP contribution in [0.2, 0.25) is 0 Å². The van der Waals surface area contributed by atoms with Gasteiger partial charge in [-0.05, 0) is 99.2 Å². The molecule has 4 nitrogen and oxygen atoms in total. The minimum atomic E-state index is -0.884. The number of fused-ring (bicyclic) bond motifs is 3. The van der Waals surface area contributed by atoms with E-state index in [0.717, 1.165) is 51.4 Å². The van der Waals surface area contributed by atoms with Gasteiger partial charge < -0.3 is 14.9 Å². The van der Waals surface area contributed by atoms with Crippen LogP contribution in [0.15, 0.2) is 11.6 Å². The van der Waals surface area contributed by atoms with Crippen LogP contribution in [0.3, 0.4) is 0 Å². The lowest BCUT2D eigenvalue weighted by molar-refractivity contribution is -0.181. The van der Waals surface area contributed by atoms with Gasteiger partial charge in [0, 0.05) is 5.57 Å². The molecule has 29 heavy (non-hydrogen) atoms. The van der Waals surface area contributed by atoms with E-state index in [1.54, 1.807) is 13.0 Å². The zero-order valence-corrected chi connectivity index (χ0v) is 19.0. The molecule has 0 aromatic rings. The van der Waals surface area contributed by atoms with E-state index in [0.29, 0.717) is 17.4 Å². The van der Waals surface area contributed by atoms with Crippen molar-refractivity contribution in [2.75, 3.05) is 6.61 Å². The summed E-state index contributed by atoms with van der Waals surface area (Å²) in [7, 11) is 0. The third-order valence-corrected chi connectivity index (χ3v) is 10.1. The average Bonchev–Trinajstić information content (AvgIpc) is 2.88. The molecular weight excluding hydrogens is 364 g/mol. The number of carbonyl (C=O) groups is 1. The van der Waals surface area contributed by atoms with Gasteiger partial charge in [0.05, 0.1) is 6.10 Å². The molecule has 0 amide bonds. The second-order valence-electron chi connectivity index (χ2n) is 11.7. The summed E-state index contributed by atoms with van der Waals surface area (Å²) in [6.07, 6.45) is 9.82. The maximum atomic E-state index is 12.2. The Hall–Kier alpha value is -0.870. The maximum Gasteiger partial charge on any atom is 0.333 e. The first-order valence-electron chi connectivity index (χ1n) is 11.7. The molecule has 0 radical (unpaired) electrons. The molecule has 2 N–H and O–H groups in total. The summed E-state index contributed by atoms with van der Waals surface area (Å²) in [6.45, 7) is 10.7. The van der Waals surface area contributed by atoms with E-state index < -0.39 is 5.60 Å². The monoisotopic (exact) mass is 404 g/mol. The van der Waals surface area contributed by atoms with E-state index in [-0.39, 0.29) is 40.8 Å². The van der Waals surface area contributed by atoms with Crippen molar-refractivity contribution in [3.63, 3.8) is 0 Å². The summed E-state index contributed by atoms with van der Waals surface area (Å²) in [5.74, 6) is 1.06. The molecule has 0 saturated heterocycles. The summed E-state index contributed by atoms with van der Waals surface area (Å²) in [5.41, 5.74) is 0.0749. The highest BCUT2D eigenvalue weighted by molar-refractivity contribution is 5.87. The van der Waals surface area contributed by atoms with Crippen molar-refractivity contribution in [3.8, 4) is 0 Å². The van der Waals surface area contributed by atoms with Crippen LogP contribution in [0.5, 0.6) is 0 Å². The highest BCUT2D eigenvalue weighted by Gasteiger charge is 2.68. The van der Waals surface area contributed by atoms with Gasteiger partial charge in [-0.1, -0.05) is 26.8 Å². The first-order valence-corrected chi connectivity index (χ1v) is 11.7. The van der Waals surface area contributed by atoms with Gasteiger partial charge >= 0.3 is 5.97 Å². The largest absolute Gasteiger partial charge is 0.459 e. The van der Waals surface area contributed by atoms with Crippen molar-refractivity contribution in [1.29, 1.82) is 0 Å². The van der Waals surface area contributed by atoms with Crippen molar-refractivity contribution in [2.45, 2.75) is 97.7 Å². The zero-order chi connectivity index (χ0) is 21.2. The molecule has 4 saturated carbocycles. The quantitative estimate of drug-likeness (QED) is 0.532. The zero-order valence-electron chi connectivity index (χ0n) is 19.0. The molecule has 164 valence electrons. The number of hydrogen-bond donors (Lipinski definition) is 2.